The molecule has 0 spiro atoms. The quantitative estimate of drug-likeness (QED) is 0.765. The number of likely N-dealkylation sites (N-methyl/N-ethyl adjacent to an activating group) is 1. The zero-order valence-electron chi connectivity index (χ0n) is 9.38. The smallest absolute Gasteiger partial charge is 0.0314 e. The van der Waals surface area contributed by atoms with Crippen molar-refractivity contribution in [3.8, 4) is 0 Å². The van der Waals surface area contributed by atoms with Crippen LogP contribution in [0.2, 0.25) is 0 Å². The third-order valence-electron chi connectivity index (χ3n) is 3.82. The summed E-state index contributed by atoms with van der Waals surface area (Å²) in [6.45, 7) is 6.06. The van der Waals surface area contributed by atoms with Gasteiger partial charge in [0.1, 0.15) is 0 Å². The Labute approximate surface area is 91.8 Å². The summed E-state index contributed by atoms with van der Waals surface area (Å²) in [4.78, 5) is 2.59. The van der Waals surface area contributed by atoms with E-state index in [9.17, 15) is 0 Å². The molecule has 0 saturated carbocycles. The minimum Gasteiger partial charge on any atom is -0.315 e. The second kappa shape index (κ2) is 4.42. The monoisotopic (exact) mass is 214 g/mol. The molecule has 2 rings (SSSR count). The Kier molecular flexibility index (Phi) is 3.40. The van der Waals surface area contributed by atoms with E-state index in [2.05, 4.69) is 35.9 Å². The molecule has 0 amide bonds. The largest absolute Gasteiger partial charge is 0.315 e. The fraction of sp³-hybridized carbons (Fsp3) is 1.00. The molecule has 2 atom stereocenters. The lowest BCUT2D eigenvalue weighted by molar-refractivity contribution is 0.137. The molecule has 2 heterocycles. The van der Waals surface area contributed by atoms with Crippen molar-refractivity contribution in [2.24, 2.45) is 5.92 Å². The summed E-state index contributed by atoms with van der Waals surface area (Å²) in [6, 6.07) is 0. The SMILES string of the molecule is CN(CC1CCSC1)C1(C)CCNC1. The van der Waals surface area contributed by atoms with Crippen LogP contribution in [0.1, 0.15) is 19.8 Å². The first kappa shape index (κ1) is 10.8. The summed E-state index contributed by atoms with van der Waals surface area (Å²) in [7, 11) is 2.30. The molecule has 3 heteroatoms. The molecule has 0 aromatic heterocycles. The van der Waals surface area contributed by atoms with Gasteiger partial charge in [0.2, 0.25) is 0 Å². The van der Waals surface area contributed by atoms with E-state index in [1.807, 2.05) is 0 Å². The van der Waals surface area contributed by atoms with E-state index >= 15 is 0 Å². The molecular formula is C11H22N2S. The summed E-state index contributed by atoms with van der Waals surface area (Å²) < 4.78 is 0. The molecule has 0 bridgehead atoms. The predicted molar refractivity (Wildman–Crippen MR) is 64.0 cm³/mol. The van der Waals surface area contributed by atoms with Crippen LogP contribution in [0.5, 0.6) is 0 Å². The van der Waals surface area contributed by atoms with Gasteiger partial charge in [-0.3, -0.25) is 4.90 Å². The zero-order chi connectivity index (χ0) is 10.0. The highest BCUT2D eigenvalue weighted by molar-refractivity contribution is 7.99. The fourth-order valence-electron chi connectivity index (χ4n) is 2.46. The maximum atomic E-state index is 3.47. The molecule has 14 heavy (non-hydrogen) atoms. The van der Waals surface area contributed by atoms with Crippen molar-refractivity contribution < 1.29 is 0 Å². The highest BCUT2D eigenvalue weighted by Crippen LogP contribution is 2.28. The van der Waals surface area contributed by atoms with Gasteiger partial charge in [0.05, 0.1) is 0 Å². The molecule has 1 N–H and O–H groups in total. The van der Waals surface area contributed by atoms with Gasteiger partial charge in [-0.2, -0.15) is 11.8 Å². The molecular weight excluding hydrogens is 192 g/mol. The highest BCUT2D eigenvalue weighted by atomic mass is 32.2. The third-order valence-corrected chi connectivity index (χ3v) is 5.06. The van der Waals surface area contributed by atoms with Crippen molar-refractivity contribution in [1.82, 2.24) is 10.2 Å². The second-order valence-corrected chi connectivity index (χ2v) is 6.18. The number of nitrogens with zero attached hydrogens (tertiary/aromatic N) is 1. The van der Waals surface area contributed by atoms with E-state index in [-0.39, 0.29) is 0 Å². The molecule has 0 aromatic carbocycles. The Morgan fingerprint density at radius 1 is 1.57 bits per heavy atom. The summed E-state index contributed by atoms with van der Waals surface area (Å²) >= 11 is 2.12. The van der Waals surface area contributed by atoms with Gasteiger partial charge in [-0.1, -0.05) is 0 Å². The number of hydrogen-bond acceptors (Lipinski definition) is 3. The van der Waals surface area contributed by atoms with E-state index in [0.29, 0.717) is 5.54 Å². The van der Waals surface area contributed by atoms with Gasteiger partial charge in [0, 0.05) is 18.6 Å². The van der Waals surface area contributed by atoms with Crippen LogP contribution >= 0.6 is 11.8 Å². The Morgan fingerprint density at radius 2 is 2.43 bits per heavy atom. The minimum absolute atomic E-state index is 0.424. The van der Waals surface area contributed by atoms with Gasteiger partial charge in [0.15, 0.2) is 0 Å². The Hall–Kier alpha value is 0.270. The van der Waals surface area contributed by atoms with Gasteiger partial charge in [-0.15, -0.1) is 0 Å². The third kappa shape index (κ3) is 2.26. The second-order valence-electron chi connectivity index (χ2n) is 5.03. The Morgan fingerprint density at radius 3 is 3.00 bits per heavy atom. The molecule has 2 saturated heterocycles. The highest BCUT2D eigenvalue weighted by Gasteiger charge is 2.34. The molecule has 0 aliphatic carbocycles. The van der Waals surface area contributed by atoms with Crippen LogP contribution < -0.4 is 5.32 Å². The number of nitrogens with one attached hydrogen (secondary N) is 1. The molecule has 2 aliphatic heterocycles. The van der Waals surface area contributed by atoms with Gasteiger partial charge in [0.25, 0.3) is 0 Å². The van der Waals surface area contributed by atoms with Gasteiger partial charge in [-0.05, 0) is 50.8 Å². The first-order valence-corrected chi connectivity index (χ1v) is 6.86. The zero-order valence-corrected chi connectivity index (χ0v) is 10.2. The number of hydrogen-bond donors (Lipinski definition) is 1. The van der Waals surface area contributed by atoms with Crippen LogP contribution in [0.4, 0.5) is 0 Å². The summed E-state index contributed by atoms with van der Waals surface area (Å²) in [5.41, 5.74) is 0.424. The van der Waals surface area contributed by atoms with Crippen molar-refractivity contribution in [3.63, 3.8) is 0 Å². The van der Waals surface area contributed by atoms with E-state index in [1.165, 1.54) is 44.0 Å². The molecule has 2 fully saturated rings. The van der Waals surface area contributed by atoms with Crippen molar-refractivity contribution in [2.45, 2.75) is 25.3 Å². The molecule has 0 radical (unpaired) electrons. The van der Waals surface area contributed by atoms with Crippen molar-refractivity contribution >= 4 is 11.8 Å². The minimum atomic E-state index is 0.424. The van der Waals surface area contributed by atoms with Gasteiger partial charge in [-0.25, -0.2) is 0 Å². The molecule has 82 valence electrons. The molecule has 0 aromatic rings. The average Bonchev–Trinajstić information content (AvgIpc) is 2.76. The van der Waals surface area contributed by atoms with E-state index < -0.39 is 0 Å². The first-order chi connectivity index (χ1) is 6.71. The lowest BCUT2D eigenvalue weighted by Gasteiger charge is -2.36. The van der Waals surface area contributed by atoms with Gasteiger partial charge < -0.3 is 5.32 Å². The Balaban J connectivity index is 1.84. The summed E-state index contributed by atoms with van der Waals surface area (Å²) in [5.74, 6) is 3.71. The normalized spacial score (nSPS) is 38.4. The van der Waals surface area contributed by atoms with E-state index in [4.69, 9.17) is 0 Å². The lowest BCUT2D eigenvalue weighted by atomic mass is 9.97. The van der Waals surface area contributed by atoms with Crippen LogP contribution in [0.25, 0.3) is 0 Å². The standard InChI is InChI=1S/C11H22N2S/c1-11(4-5-12-9-11)13(2)7-10-3-6-14-8-10/h10,12H,3-9H2,1-2H3. The maximum absolute atomic E-state index is 3.47. The topological polar surface area (TPSA) is 15.3 Å². The molecule has 2 unspecified atom stereocenters. The van der Waals surface area contributed by atoms with Crippen LogP contribution in [0.15, 0.2) is 0 Å². The maximum Gasteiger partial charge on any atom is 0.0314 e. The van der Waals surface area contributed by atoms with Crippen molar-refractivity contribution in [1.29, 1.82) is 0 Å². The number of rotatable bonds is 3. The van der Waals surface area contributed by atoms with Crippen LogP contribution in [-0.2, 0) is 0 Å². The van der Waals surface area contributed by atoms with Crippen molar-refractivity contribution in [3.05, 3.63) is 0 Å². The van der Waals surface area contributed by atoms with Crippen molar-refractivity contribution in [2.75, 3.05) is 38.2 Å². The first-order valence-electron chi connectivity index (χ1n) is 5.70. The summed E-state index contributed by atoms with van der Waals surface area (Å²) in [5, 5.41) is 3.47. The predicted octanol–water partition coefficient (Wildman–Crippen LogP) is 1.42. The summed E-state index contributed by atoms with van der Waals surface area (Å²) in [6.07, 6.45) is 2.74. The molecule has 2 aliphatic rings. The van der Waals surface area contributed by atoms with E-state index in [0.717, 1.165) is 5.92 Å². The van der Waals surface area contributed by atoms with Crippen LogP contribution in [0.3, 0.4) is 0 Å². The lowest BCUT2D eigenvalue weighted by Crippen LogP contribution is -2.47. The van der Waals surface area contributed by atoms with E-state index in [1.54, 1.807) is 0 Å². The van der Waals surface area contributed by atoms with Crippen LogP contribution in [0, 0.1) is 5.92 Å². The Bertz CT molecular complexity index is 184. The molecule has 2 nitrogen and oxygen atoms in total. The fourth-order valence-corrected chi connectivity index (χ4v) is 3.74. The number of thioether (sulfide) groups is 1. The average molecular weight is 214 g/mol. The van der Waals surface area contributed by atoms with Crippen LogP contribution in [-0.4, -0.2) is 48.6 Å². The van der Waals surface area contributed by atoms with Gasteiger partial charge >= 0.3 is 0 Å².